The Morgan fingerprint density at radius 3 is 2.52 bits per heavy atom. The van der Waals surface area contributed by atoms with E-state index in [1.54, 1.807) is 6.07 Å². The number of hydrogen-bond donors (Lipinski definition) is 1. The van der Waals surface area contributed by atoms with E-state index < -0.39 is 0 Å². The maximum absolute atomic E-state index is 13.5. The van der Waals surface area contributed by atoms with Crippen molar-refractivity contribution in [3.05, 3.63) is 105 Å². The highest BCUT2D eigenvalue weighted by Gasteiger charge is 2.21. The largest absolute Gasteiger partial charge is 0.344 e. The maximum atomic E-state index is 13.5. The van der Waals surface area contributed by atoms with Crippen LogP contribution in [-0.4, -0.2) is 5.91 Å². The lowest BCUT2D eigenvalue weighted by Gasteiger charge is -2.19. The molecule has 1 unspecified atom stereocenters. The molecule has 0 spiro atoms. The normalized spacial score (nSPS) is 12.1. The lowest BCUT2D eigenvalue weighted by molar-refractivity contribution is 0.0941. The number of hydrogen-bond acceptors (Lipinski definition) is 2. The molecule has 4 aromatic rings. The molecule has 146 valence electrons. The average molecular weight is 424 g/mol. The summed E-state index contributed by atoms with van der Waals surface area (Å²) < 4.78 is 14.2. The van der Waals surface area contributed by atoms with E-state index in [1.165, 1.54) is 29.0 Å². The molecule has 3 aromatic carbocycles. The lowest BCUT2D eigenvalue weighted by atomic mass is 9.98. The molecule has 0 aliphatic rings. The van der Waals surface area contributed by atoms with Gasteiger partial charge >= 0.3 is 0 Å². The summed E-state index contributed by atoms with van der Waals surface area (Å²) in [6.07, 6.45) is 0.660. The van der Waals surface area contributed by atoms with Crippen molar-refractivity contribution >= 4 is 38.9 Å². The summed E-state index contributed by atoms with van der Waals surface area (Å²) in [7, 11) is 0. The quantitative estimate of drug-likeness (QED) is 0.379. The number of amides is 1. The summed E-state index contributed by atoms with van der Waals surface area (Å²) in [5, 5.41) is 4.18. The fraction of sp³-hybridized carbons (Fsp3) is 0.125. The van der Waals surface area contributed by atoms with Gasteiger partial charge in [0, 0.05) is 10.1 Å². The van der Waals surface area contributed by atoms with Crippen LogP contribution in [0.3, 0.4) is 0 Å². The Labute approximate surface area is 178 Å². The zero-order valence-corrected chi connectivity index (χ0v) is 17.4. The minimum atomic E-state index is -0.344. The van der Waals surface area contributed by atoms with Crippen LogP contribution in [0.1, 0.15) is 32.4 Å². The number of rotatable bonds is 5. The lowest BCUT2D eigenvalue weighted by Crippen LogP contribution is -2.29. The van der Waals surface area contributed by atoms with Crippen molar-refractivity contribution in [3.63, 3.8) is 0 Å². The summed E-state index contributed by atoms with van der Waals surface area (Å²) in [5.41, 5.74) is 3.34. The van der Waals surface area contributed by atoms with Crippen molar-refractivity contribution in [1.29, 1.82) is 0 Å². The van der Waals surface area contributed by atoms with E-state index in [9.17, 15) is 9.18 Å². The zero-order valence-electron chi connectivity index (χ0n) is 15.8. The Balaban J connectivity index is 1.64. The number of fused-ring (bicyclic) bond motifs is 1. The van der Waals surface area contributed by atoms with Crippen molar-refractivity contribution in [2.45, 2.75) is 19.4 Å². The molecule has 0 aliphatic carbocycles. The molecule has 1 heterocycles. The third-order valence-corrected chi connectivity index (χ3v) is 6.52. The van der Waals surface area contributed by atoms with Gasteiger partial charge < -0.3 is 5.32 Å². The van der Waals surface area contributed by atoms with Crippen molar-refractivity contribution in [2.75, 3.05) is 0 Å². The van der Waals surface area contributed by atoms with Gasteiger partial charge in [0.15, 0.2) is 0 Å². The van der Waals surface area contributed by atoms with Gasteiger partial charge in [0.1, 0.15) is 10.7 Å². The van der Waals surface area contributed by atoms with E-state index in [0.29, 0.717) is 26.4 Å². The highest BCUT2D eigenvalue weighted by Crippen LogP contribution is 2.36. The Morgan fingerprint density at radius 2 is 1.79 bits per heavy atom. The number of carbonyl (C=O) groups is 1. The van der Waals surface area contributed by atoms with Crippen LogP contribution in [0.5, 0.6) is 0 Å². The second-order valence-electron chi connectivity index (χ2n) is 7.01. The van der Waals surface area contributed by atoms with Crippen LogP contribution >= 0.6 is 22.9 Å². The highest BCUT2D eigenvalue weighted by molar-refractivity contribution is 7.21. The van der Waals surface area contributed by atoms with Gasteiger partial charge in [-0.15, -0.1) is 11.3 Å². The van der Waals surface area contributed by atoms with Crippen LogP contribution in [0.25, 0.3) is 10.1 Å². The number of nitrogens with one attached hydrogen (secondary N) is 1. The molecule has 1 atom stereocenters. The van der Waals surface area contributed by atoms with Crippen molar-refractivity contribution < 1.29 is 9.18 Å². The zero-order chi connectivity index (χ0) is 20.4. The third kappa shape index (κ3) is 4.34. The molecule has 0 aliphatic heterocycles. The maximum Gasteiger partial charge on any atom is 0.263 e. The molecule has 1 amide bonds. The summed E-state index contributed by atoms with van der Waals surface area (Å²) in [6.45, 7) is 2.05. The van der Waals surface area contributed by atoms with Gasteiger partial charge in [-0.2, -0.15) is 0 Å². The molecule has 0 saturated heterocycles. The number of halogens is 2. The monoisotopic (exact) mass is 423 g/mol. The van der Waals surface area contributed by atoms with E-state index in [-0.39, 0.29) is 17.8 Å². The summed E-state index contributed by atoms with van der Waals surface area (Å²) in [6, 6.07) is 22.3. The van der Waals surface area contributed by atoms with Crippen LogP contribution < -0.4 is 5.32 Å². The molecule has 0 saturated carbocycles. The van der Waals surface area contributed by atoms with Gasteiger partial charge in [-0.25, -0.2) is 4.39 Å². The second kappa shape index (κ2) is 8.36. The van der Waals surface area contributed by atoms with Gasteiger partial charge in [-0.05, 0) is 42.7 Å². The number of thiophene rings is 1. The molecule has 4 rings (SSSR count). The van der Waals surface area contributed by atoms with E-state index in [0.717, 1.165) is 11.1 Å². The SMILES string of the molecule is Cc1ccc(CC(NC(=O)c2sc3cc(F)ccc3c2Cl)c2ccccc2)cc1. The standard InChI is InChI=1S/C24H19ClFNOS/c1-15-7-9-16(10-8-15)13-20(17-5-3-2-4-6-17)27-24(28)23-22(25)19-12-11-18(26)14-21(19)29-23/h2-12,14,20H,13H2,1H3,(H,27,28). The van der Waals surface area contributed by atoms with Crippen LogP contribution in [0, 0.1) is 12.7 Å². The Morgan fingerprint density at radius 1 is 1.07 bits per heavy atom. The predicted molar refractivity (Wildman–Crippen MR) is 118 cm³/mol. The molecule has 5 heteroatoms. The smallest absolute Gasteiger partial charge is 0.263 e. The molecule has 1 aromatic heterocycles. The van der Waals surface area contributed by atoms with E-state index in [1.807, 2.05) is 37.3 Å². The topological polar surface area (TPSA) is 29.1 Å². The number of benzene rings is 3. The third-order valence-electron chi connectivity index (χ3n) is 4.87. The van der Waals surface area contributed by atoms with Crippen molar-refractivity contribution in [1.82, 2.24) is 5.32 Å². The van der Waals surface area contributed by atoms with E-state index >= 15 is 0 Å². The molecule has 29 heavy (non-hydrogen) atoms. The first kappa shape index (κ1) is 19.6. The predicted octanol–water partition coefficient (Wildman–Crippen LogP) is 6.72. The van der Waals surface area contributed by atoms with Crippen molar-refractivity contribution in [3.8, 4) is 0 Å². The van der Waals surface area contributed by atoms with Crippen LogP contribution in [0.4, 0.5) is 4.39 Å². The van der Waals surface area contributed by atoms with E-state index in [2.05, 4.69) is 29.6 Å². The fourth-order valence-electron chi connectivity index (χ4n) is 3.31. The Hall–Kier alpha value is -2.69. The second-order valence-corrected chi connectivity index (χ2v) is 8.44. The molecular weight excluding hydrogens is 405 g/mol. The molecular formula is C24H19ClFNOS. The summed E-state index contributed by atoms with van der Waals surface area (Å²) in [5.74, 6) is -0.596. The van der Waals surface area contributed by atoms with Gasteiger partial charge in [-0.1, -0.05) is 71.8 Å². The number of aryl methyl sites for hydroxylation is 1. The van der Waals surface area contributed by atoms with Crippen LogP contribution in [-0.2, 0) is 6.42 Å². The fourth-order valence-corrected chi connectivity index (χ4v) is 4.75. The first-order valence-corrected chi connectivity index (χ1v) is 10.5. The summed E-state index contributed by atoms with van der Waals surface area (Å²) in [4.78, 5) is 13.5. The summed E-state index contributed by atoms with van der Waals surface area (Å²) >= 11 is 7.65. The molecule has 0 fully saturated rings. The Kier molecular flexibility index (Phi) is 5.65. The van der Waals surface area contributed by atoms with Gasteiger partial charge in [0.05, 0.1) is 11.1 Å². The number of carbonyl (C=O) groups excluding carboxylic acids is 1. The average Bonchev–Trinajstić information content (AvgIpc) is 3.05. The van der Waals surface area contributed by atoms with Gasteiger partial charge in [0.2, 0.25) is 0 Å². The first-order chi connectivity index (χ1) is 14.0. The molecule has 2 nitrogen and oxygen atoms in total. The highest BCUT2D eigenvalue weighted by atomic mass is 35.5. The first-order valence-electron chi connectivity index (χ1n) is 9.30. The van der Waals surface area contributed by atoms with Gasteiger partial charge in [0.25, 0.3) is 5.91 Å². The van der Waals surface area contributed by atoms with E-state index in [4.69, 9.17) is 11.6 Å². The minimum Gasteiger partial charge on any atom is -0.344 e. The minimum absolute atomic E-state index is 0.204. The molecule has 1 N–H and O–H groups in total. The Bertz CT molecular complexity index is 1150. The van der Waals surface area contributed by atoms with Crippen LogP contribution in [0.15, 0.2) is 72.8 Å². The van der Waals surface area contributed by atoms with Crippen molar-refractivity contribution in [2.24, 2.45) is 0 Å². The van der Waals surface area contributed by atoms with Crippen LogP contribution in [0.2, 0.25) is 5.02 Å². The van der Waals surface area contributed by atoms with Gasteiger partial charge in [-0.3, -0.25) is 4.79 Å². The molecule has 0 bridgehead atoms. The molecule has 0 radical (unpaired) electrons.